The van der Waals surface area contributed by atoms with E-state index in [0.717, 1.165) is 29.8 Å². The van der Waals surface area contributed by atoms with Crippen molar-refractivity contribution in [3.8, 4) is 0 Å². The molecule has 152 valence electrons. The fourth-order valence-corrected chi connectivity index (χ4v) is 5.93. The van der Waals surface area contributed by atoms with Gasteiger partial charge in [-0.15, -0.1) is 0 Å². The first kappa shape index (κ1) is 19.1. The Labute approximate surface area is 174 Å². The maximum Gasteiger partial charge on any atom is 0.252 e. The zero-order chi connectivity index (χ0) is 19.8. The second kappa shape index (κ2) is 8.09. The lowest BCUT2D eigenvalue weighted by Gasteiger charge is -2.43. The van der Waals surface area contributed by atoms with E-state index in [2.05, 4.69) is 17.4 Å². The van der Waals surface area contributed by atoms with Crippen LogP contribution >= 0.6 is 11.8 Å². The van der Waals surface area contributed by atoms with Crippen LogP contribution in [0.4, 0.5) is 4.39 Å². The van der Waals surface area contributed by atoms with Crippen LogP contribution in [0.1, 0.15) is 29.2 Å². The molecule has 0 unspecified atom stereocenters. The van der Waals surface area contributed by atoms with E-state index >= 15 is 0 Å². The van der Waals surface area contributed by atoms with Crippen LogP contribution < -0.4 is 5.32 Å². The van der Waals surface area contributed by atoms with Gasteiger partial charge in [0.2, 0.25) is 0 Å². The highest BCUT2D eigenvalue weighted by Crippen LogP contribution is 2.37. The predicted molar refractivity (Wildman–Crippen MR) is 112 cm³/mol. The topological polar surface area (TPSA) is 41.6 Å². The molecule has 2 fully saturated rings. The molecule has 4 atom stereocenters. The van der Waals surface area contributed by atoms with E-state index in [4.69, 9.17) is 4.74 Å². The van der Waals surface area contributed by atoms with Gasteiger partial charge in [-0.3, -0.25) is 4.79 Å². The van der Waals surface area contributed by atoms with E-state index in [0.29, 0.717) is 30.9 Å². The lowest BCUT2D eigenvalue weighted by molar-refractivity contribution is -0.149. The molecule has 0 saturated carbocycles. The highest BCUT2D eigenvalue weighted by atomic mass is 32.2. The van der Waals surface area contributed by atoms with Crippen LogP contribution in [0.2, 0.25) is 0 Å². The molecular formula is C23H25FN2O2S. The Kier molecular flexibility index (Phi) is 5.33. The molecule has 0 radical (unpaired) electrons. The number of carbonyl (C=O) groups excluding carboxylic acids is 1. The molecule has 2 aromatic carbocycles. The largest absolute Gasteiger partial charge is 0.367 e. The Morgan fingerprint density at radius 1 is 1.17 bits per heavy atom. The van der Waals surface area contributed by atoms with Crippen molar-refractivity contribution in [1.82, 2.24) is 10.2 Å². The van der Waals surface area contributed by atoms with Crippen molar-refractivity contribution in [2.45, 2.75) is 36.3 Å². The molecule has 1 amide bonds. The van der Waals surface area contributed by atoms with Crippen LogP contribution in [0, 0.1) is 5.82 Å². The van der Waals surface area contributed by atoms with Crippen molar-refractivity contribution in [2.75, 3.05) is 25.4 Å². The van der Waals surface area contributed by atoms with E-state index in [1.54, 1.807) is 12.1 Å². The van der Waals surface area contributed by atoms with Gasteiger partial charge in [-0.1, -0.05) is 36.4 Å². The summed E-state index contributed by atoms with van der Waals surface area (Å²) in [5.74, 6) is 0.876. The predicted octanol–water partition coefficient (Wildman–Crippen LogP) is 3.16. The summed E-state index contributed by atoms with van der Waals surface area (Å²) in [6.45, 7) is 2.25. The summed E-state index contributed by atoms with van der Waals surface area (Å²) in [6.07, 6.45) is 1.12. The first-order valence-electron chi connectivity index (χ1n) is 10.3. The average Bonchev–Trinajstić information content (AvgIpc) is 2.78. The summed E-state index contributed by atoms with van der Waals surface area (Å²) in [7, 11) is 0. The number of nitrogens with one attached hydrogen (secondary N) is 1. The molecule has 2 saturated heterocycles. The maximum atomic E-state index is 13.6. The van der Waals surface area contributed by atoms with Crippen molar-refractivity contribution in [2.24, 2.45) is 0 Å². The molecule has 3 aliphatic rings. The lowest BCUT2D eigenvalue weighted by atomic mass is 9.87. The van der Waals surface area contributed by atoms with Crippen LogP contribution in [0.25, 0.3) is 0 Å². The number of hydrogen-bond acceptors (Lipinski definition) is 4. The van der Waals surface area contributed by atoms with Gasteiger partial charge in [0.1, 0.15) is 11.9 Å². The summed E-state index contributed by atoms with van der Waals surface area (Å²) in [4.78, 5) is 15.5. The monoisotopic (exact) mass is 412 g/mol. The van der Waals surface area contributed by atoms with Crippen LogP contribution in [0.5, 0.6) is 0 Å². The summed E-state index contributed by atoms with van der Waals surface area (Å²) >= 11 is 1.94. The normalized spacial score (nSPS) is 29.1. The Morgan fingerprint density at radius 2 is 2.00 bits per heavy atom. The molecule has 29 heavy (non-hydrogen) atoms. The molecule has 0 aliphatic carbocycles. The molecule has 3 aliphatic heterocycles. The fraction of sp³-hybridized carbons (Fsp3) is 0.435. The first-order valence-corrected chi connectivity index (χ1v) is 11.4. The van der Waals surface area contributed by atoms with Gasteiger partial charge in [0.15, 0.2) is 0 Å². The number of hydrogen-bond donors (Lipinski definition) is 1. The molecule has 6 heteroatoms. The smallest absolute Gasteiger partial charge is 0.252 e. The van der Waals surface area contributed by atoms with E-state index < -0.39 is 6.10 Å². The minimum atomic E-state index is -0.421. The first-order chi connectivity index (χ1) is 14.2. The zero-order valence-corrected chi connectivity index (χ0v) is 17.0. The number of fused-ring (bicyclic) bond motifs is 2. The van der Waals surface area contributed by atoms with Gasteiger partial charge in [-0.05, 0) is 41.7 Å². The van der Waals surface area contributed by atoms with E-state index in [-0.39, 0.29) is 17.8 Å². The number of amides is 1. The van der Waals surface area contributed by atoms with Crippen LogP contribution in [0.3, 0.4) is 0 Å². The second-order valence-corrected chi connectivity index (χ2v) is 9.31. The third kappa shape index (κ3) is 3.69. The zero-order valence-electron chi connectivity index (χ0n) is 16.2. The van der Waals surface area contributed by atoms with Gasteiger partial charge in [0.05, 0.1) is 12.6 Å². The van der Waals surface area contributed by atoms with Gasteiger partial charge < -0.3 is 15.0 Å². The number of halogens is 1. The quantitative estimate of drug-likeness (QED) is 0.823. The van der Waals surface area contributed by atoms with Crippen molar-refractivity contribution in [3.63, 3.8) is 0 Å². The van der Waals surface area contributed by atoms with E-state index in [1.165, 1.54) is 17.7 Å². The molecule has 0 aromatic heterocycles. The van der Waals surface area contributed by atoms with Gasteiger partial charge in [0, 0.05) is 30.1 Å². The highest BCUT2D eigenvalue weighted by molar-refractivity contribution is 8.00. The van der Waals surface area contributed by atoms with Crippen molar-refractivity contribution in [3.05, 3.63) is 71.0 Å². The molecule has 2 aromatic rings. The number of carbonyl (C=O) groups is 1. The highest BCUT2D eigenvalue weighted by Gasteiger charge is 2.41. The molecule has 3 heterocycles. The van der Waals surface area contributed by atoms with E-state index in [1.807, 2.05) is 28.8 Å². The number of rotatable bonds is 2. The minimum absolute atomic E-state index is 0.0460. The Hall–Kier alpha value is -1.89. The van der Waals surface area contributed by atoms with E-state index in [9.17, 15) is 9.18 Å². The Balaban J connectivity index is 1.44. The van der Waals surface area contributed by atoms with Gasteiger partial charge in [-0.2, -0.15) is 11.8 Å². The molecule has 0 bridgehead atoms. The van der Waals surface area contributed by atoms with Crippen LogP contribution in [0.15, 0.2) is 48.5 Å². The lowest BCUT2D eigenvalue weighted by Crippen LogP contribution is -2.56. The molecular weight excluding hydrogens is 387 g/mol. The average molecular weight is 413 g/mol. The van der Waals surface area contributed by atoms with Gasteiger partial charge in [-0.25, -0.2) is 4.39 Å². The standard InChI is InChI=1S/C23H25FN2O2S/c24-17-7-5-16(6-8-17)22-18-4-2-1-3-15(18)9-11-26(22)23(27)20-13-19-21(14-28-20)29-12-10-25-19/h1-8,19-22,25H,9-14H2/t19-,20+,21-,22-/m0/s1. The van der Waals surface area contributed by atoms with Crippen LogP contribution in [-0.2, 0) is 16.0 Å². The maximum absolute atomic E-state index is 13.6. The molecule has 4 nitrogen and oxygen atoms in total. The van der Waals surface area contributed by atoms with Crippen molar-refractivity contribution in [1.29, 1.82) is 0 Å². The fourth-order valence-electron chi connectivity index (χ4n) is 4.78. The summed E-state index contributed by atoms with van der Waals surface area (Å²) in [5, 5.41) is 3.99. The SMILES string of the molecule is O=C([C@H]1C[C@@H]2NCCS[C@H]2CO1)N1CCc2ccccc2[C@@H]1c1ccc(F)cc1. The van der Waals surface area contributed by atoms with Crippen molar-refractivity contribution < 1.29 is 13.9 Å². The number of benzene rings is 2. The number of ether oxygens (including phenoxy) is 1. The third-order valence-corrected chi connectivity index (χ3v) is 7.58. The number of thioether (sulfide) groups is 1. The molecule has 5 rings (SSSR count). The minimum Gasteiger partial charge on any atom is -0.367 e. The summed E-state index contributed by atoms with van der Waals surface area (Å²) in [6, 6.07) is 14.9. The summed E-state index contributed by atoms with van der Waals surface area (Å²) < 4.78 is 19.6. The van der Waals surface area contributed by atoms with Crippen LogP contribution in [-0.4, -0.2) is 53.7 Å². The Bertz CT molecular complexity index is 891. The van der Waals surface area contributed by atoms with Gasteiger partial charge in [0.25, 0.3) is 5.91 Å². The van der Waals surface area contributed by atoms with Gasteiger partial charge >= 0.3 is 0 Å². The summed E-state index contributed by atoms with van der Waals surface area (Å²) in [5.41, 5.74) is 3.31. The molecule has 0 spiro atoms. The third-order valence-electron chi connectivity index (χ3n) is 6.25. The second-order valence-electron chi connectivity index (χ2n) is 7.96. The number of nitrogens with zero attached hydrogens (tertiary/aromatic N) is 1. The molecule has 1 N–H and O–H groups in total. The van der Waals surface area contributed by atoms with Crippen molar-refractivity contribution >= 4 is 17.7 Å². The Morgan fingerprint density at radius 3 is 2.86 bits per heavy atom.